The van der Waals surface area contributed by atoms with Crippen molar-refractivity contribution >= 4 is 22.9 Å². The van der Waals surface area contributed by atoms with Crippen LogP contribution in [0, 0.1) is 5.92 Å². The van der Waals surface area contributed by atoms with Crippen molar-refractivity contribution in [2.45, 2.75) is 26.3 Å². The number of hydrogen-bond donors (Lipinski definition) is 0. The van der Waals surface area contributed by atoms with Crippen molar-refractivity contribution in [3.05, 3.63) is 40.6 Å². The molecule has 3 heterocycles. The van der Waals surface area contributed by atoms with E-state index in [0.717, 1.165) is 36.7 Å². The lowest BCUT2D eigenvalue weighted by atomic mass is 10.0. The number of fused-ring (bicyclic) bond motifs is 1. The summed E-state index contributed by atoms with van der Waals surface area (Å²) in [6.45, 7) is 6.20. The maximum atomic E-state index is 13.0. The maximum Gasteiger partial charge on any atom is 0.242 e. The number of thiophene rings is 1. The van der Waals surface area contributed by atoms with Gasteiger partial charge in [0.25, 0.3) is 0 Å². The van der Waals surface area contributed by atoms with Crippen molar-refractivity contribution in [1.82, 2.24) is 4.90 Å². The Morgan fingerprint density at radius 3 is 2.89 bits per heavy atom. The molecule has 144 valence electrons. The summed E-state index contributed by atoms with van der Waals surface area (Å²) in [6, 6.07) is 10.1. The monoisotopic (exact) mass is 386 g/mol. The molecule has 1 amide bonds. The number of carbonyl (C=O) groups excluding carboxylic acids is 1. The highest BCUT2D eigenvalue weighted by Gasteiger charge is 2.24. The average molecular weight is 387 g/mol. The third-order valence-corrected chi connectivity index (χ3v) is 6.01. The summed E-state index contributed by atoms with van der Waals surface area (Å²) in [7, 11) is 0. The molecule has 1 saturated heterocycles. The number of amides is 1. The van der Waals surface area contributed by atoms with Crippen molar-refractivity contribution in [2.24, 2.45) is 5.92 Å². The molecule has 0 aliphatic carbocycles. The van der Waals surface area contributed by atoms with E-state index in [2.05, 4.69) is 29.3 Å². The summed E-state index contributed by atoms with van der Waals surface area (Å²) in [5.41, 5.74) is 0.992. The molecule has 0 spiro atoms. The predicted molar refractivity (Wildman–Crippen MR) is 108 cm³/mol. The standard InChI is InChI=1S/C21H26N2O3S/c1-16-4-2-8-22(13-16)21(24)15-23(14-18-5-3-11-27-18)17-6-7-19-20(12-17)26-10-9-25-19/h3,5-7,11-12,16H,2,4,8-10,13-15H2,1H3. The van der Waals surface area contributed by atoms with Gasteiger partial charge in [0.05, 0.1) is 13.1 Å². The number of carbonyl (C=O) groups is 1. The highest BCUT2D eigenvalue weighted by atomic mass is 32.1. The molecule has 4 rings (SSSR count). The van der Waals surface area contributed by atoms with Crippen LogP contribution in [0.25, 0.3) is 0 Å². The minimum Gasteiger partial charge on any atom is -0.486 e. The lowest BCUT2D eigenvalue weighted by Gasteiger charge is -2.33. The van der Waals surface area contributed by atoms with E-state index >= 15 is 0 Å². The molecule has 1 fully saturated rings. The number of hydrogen-bond acceptors (Lipinski definition) is 5. The molecule has 1 unspecified atom stereocenters. The Morgan fingerprint density at radius 1 is 1.26 bits per heavy atom. The van der Waals surface area contributed by atoms with Crippen LogP contribution in [0.15, 0.2) is 35.7 Å². The quantitative estimate of drug-likeness (QED) is 0.784. The van der Waals surface area contributed by atoms with Gasteiger partial charge in [0.15, 0.2) is 11.5 Å². The van der Waals surface area contributed by atoms with Crippen molar-refractivity contribution < 1.29 is 14.3 Å². The first-order chi connectivity index (χ1) is 13.2. The van der Waals surface area contributed by atoms with Crippen LogP contribution < -0.4 is 14.4 Å². The van der Waals surface area contributed by atoms with Crippen LogP contribution in [0.5, 0.6) is 11.5 Å². The van der Waals surface area contributed by atoms with Gasteiger partial charge in [-0.1, -0.05) is 13.0 Å². The van der Waals surface area contributed by atoms with Crippen LogP contribution >= 0.6 is 11.3 Å². The zero-order valence-electron chi connectivity index (χ0n) is 15.7. The van der Waals surface area contributed by atoms with Gasteiger partial charge in [0.1, 0.15) is 13.2 Å². The minimum absolute atomic E-state index is 0.202. The van der Waals surface area contributed by atoms with E-state index < -0.39 is 0 Å². The Kier molecular flexibility index (Phi) is 5.53. The number of likely N-dealkylation sites (tertiary alicyclic amines) is 1. The summed E-state index contributed by atoms with van der Waals surface area (Å²) in [6.07, 6.45) is 2.31. The first kappa shape index (κ1) is 18.2. The Hall–Kier alpha value is -2.21. The molecule has 1 aromatic heterocycles. The zero-order valence-corrected chi connectivity index (χ0v) is 16.5. The summed E-state index contributed by atoms with van der Waals surface area (Å²) in [4.78, 5) is 18.4. The predicted octanol–water partition coefficient (Wildman–Crippen LogP) is 3.78. The first-order valence-electron chi connectivity index (χ1n) is 9.64. The van der Waals surface area contributed by atoms with Gasteiger partial charge in [-0.15, -0.1) is 11.3 Å². The van der Waals surface area contributed by atoms with Crippen molar-refractivity contribution in [2.75, 3.05) is 37.7 Å². The van der Waals surface area contributed by atoms with Gasteiger partial charge in [0, 0.05) is 29.7 Å². The van der Waals surface area contributed by atoms with Crippen molar-refractivity contribution in [1.29, 1.82) is 0 Å². The second-order valence-electron chi connectivity index (χ2n) is 7.35. The molecule has 2 aliphatic heterocycles. The van der Waals surface area contributed by atoms with Gasteiger partial charge in [-0.2, -0.15) is 0 Å². The smallest absolute Gasteiger partial charge is 0.242 e. The summed E-state index contributed by atoms with van der Waals surface area (Å²) in [5.74, 6) is 2.32. The van der Waals surface area contributed by atoms with Crippen LogP contribution in [-0.4, -0.2) is 43.7 Å². The van der Waals surface area contributed by atoms with Gasteiger partial charge >= 0.3 is 0 Å². The van der Waals surface area contributed by atoms with Gasteiger partial charge in [-0.05, 0) is 42.3 Å². The van der Waals surface area contributed by atoms with Gasteiger partial charge in [-0.25, -0.2) is 0 Å². The molecule has 0 saturated carbocycles. The number of anilines is 1. The second-order valence-corrected chi connectivity index (χ2v) is 8.38. The van der Waals surface area contributed by atoms with E-state index in [0.29, 0.717) is 32.2 Å². The maximum absolute atomic E-state index is 13.0. The summed E-state index contributed by atoms with van der Waals surface area (Å²) in [5, 5.41) is 2.07. The molecule has 0 bridgehead atoms. The van der Waals surface area contributed by atoms with Crippen molar-refractivity contribution in [3.63, 3.8) is 0 Å². The highest BCUT2D eigenvalue weighted by molar-refractivity contribution is 7.09. The van der Waals surface area contributed by atoms with E-state index in [9.17, 15) is 4.79 Å². The Bertz CT molecular complexity index is 778. The van der Waals surface area contributed by atoms with Crippen LogP contribution in [0.3, 0.4) is 0 Å². The Balaban J connectivity index is 1.54. The van der Waals surface area contributed by atoms with E-state index in [1.807, 2.05) is 23.1 Å². The highest BCUT2D eigenvalue weighted by Crippen LogP contribution is 2.34. The Labute approximate surface area is 164 Å². The number of nitrogens with zero attached hydrogens (tertiary/aromatic N) is 2. The molecule has 2 aromatic rings. The molecular formula is C21H26N2O3S. The van der Waals surface area contributed by atoms with Gasteiger partial charge in [-0.3, -0.25) is 4.79 Å². The lowest BCUT2D eigenvalue weighted by molar-refractivity contribution is -0.131. The van der Waals surface area contributed by atoms with Crippen molar-refractivity contribution in [3.8, 4) is 11.5 Å². The van der Waals surface area contributed by atoms with E-state index in [1.54, 1.807) is 11.3 Å². The number of benzene rings is 1. The fourth-order valence-electron chi connectivity index (χ4n) is 3.74. The SMILES string of the molecule is CC1CCCN(C(=O)CN(Cc2cccs2)c2ccc3c(c2)OCCO3)C1. The van der Waals surface area contributed by atoms with Crippen LogP contribution in [0.1, 0.15) is 24.6 Å². The second kappa shape index (κ2) is 8.21. The fourth-order valence-corrected chi connectivity index (χ4v) is 4.46. The minimum atomic E-state index is 0.202. The van der Waals surface area contributed by atoms with Crippen LogP contribution in [0.2, 0.25) is 0 Å². The fraction of sp³-hybridized carbons (Fsp3) is 0.476. The molecular weight excluding hydrogens is 360 g/mol. The van der Waals surface area contributed by atoms with E-state index in [-0.39, 0.29) is 5.91 Å². The lowest BCUT2D eigenvalue weighted by Crippen LogP contribution is -2.44. The third-order valence-electron chi connectivity index (χ3n) is 5.15. The normalized spacial score (nSPS) is 19.0. The van der Waals surface area contributed by atoms with Crippen LogP contribution in [-0.2, 0) is 11.3 Å². The number of rotatable bonds is 5. The van der Waals surface area contributed by atoms with Gasteiger partial charge in [0.2, 0.25) is 5.91 Å². The third kappa shape index (κ3) is 4.38. The van der Waals surface area contributed by atoms with Crippen LogP contribution in [0.4, 0.5) is 5.69 Å². The molecule has 0 N–H and O–H groups in total. The molecule has 5 nitrogen and oxygen atoms in total. The van der Waals surface area contributed by atoms with E-state index in [4.69, 9.17) is 9.47 Å². The summed E-state index contributed by atoms with van der Waals surface area (Å²) >= 11 is 1.72. The first-order valence-corrected chi connectivity index (χ1v) is 10.5. The molecule has 6 heteroatoms. The largest absolute Gasteiger partial charge is 0.486 e. The van der Waals surface area contributed by atoms with E-state index in [1.165, 1.54) is 11.3 Å². The van der Waals surface area contributed by atoms with Gasteiger partial charge < -0.3 is 19.3 Å². The molecule has 1 aromatic carbocycles. The molecule has 1 atom stereocenters. The average Bonchev–Trinajstić information content (AvgIpc) is 3.20. The Morgan fingerprint density at radius 2 is 2.11 bits per heavy atom. The molecule has 0 radical (unpaired) electrons. The molecule has 2 aliphatic rings. The summed E-state index contributed by atoms with van der Waals surface area (Å²) < 4.78 is 11.4. The molecule has 27 heavy (non-hydrogen) atoms. The topological polar surface area (TPSA) is 42.0 Å². The number of ether oxygens (including phenoxy) is 2. The zero-order chi connectivity index (χ0) is 18.6. The number of piperidine rings is 1.